The molecule has 0 radical (unpaired) electrons. The molecule has 2 aliphatic rings. The molecule has 0 unspecified atom stereocenters. The van der Waals surface area contributed by atoms with Crippen molar-refractivity contribution in [2.45, 2.75) is 37.5 Å². The molecule has 6 aromatic carbocycles. The maximum Gasteiger partial charge on any atom is 0.160 e. The molecule has 0 aliphatic heterocycles. The monoisotopic (exact) mass is 660 g/mol. The molecular weight excluding hydrogens is 629 g/mol. The first-order chi connectivity index (χ1) is 24.7. The van der Waals surface area contributed by atoms with Crippen molar-refractivity contribution in [1.29, 1.82) is 0 Å². The largest absolute Gasteiger partial charge is 0.456 e. The van der Waals surface area contributed by atoms with E-state index in [1.165, 1.54) is 70.2 Å². The van der Waals surface area contributed by atoms with E-state index in [9.17, 15) is 0 Å². The van der Waals surface area contributed by atoms with Gasteiger partial charge >= 0.3 is 0 Å². The number of furan rings is 1. The minimum Gasteiger partial charge on any atom is -0.456 e. The van der Waals surface area contributed by atoms with Gasteiger partial charge in [-0.05, 0) is 76.6 Å². The van der Waals surface area contributed by atoms with Crippen molar-refractivity contribution in [3.63, 3.8) is 0 Å². The Bertz CT molecular complexity index is 2820. The Kier molecular flexibility index (Phi) is 6.06. The Labute approximate surface area is 293 Å². The van der Waals surface area contributed by atoms with Gasteiger partial charge in [-0.3, -0.25) is 0 Å². The molecule has 50 heavy (non-hydrogen) atoms. The van der Waals surface area contributed by atoms with Crippen LogP contribution in [-0.4, -0.2) is 9.97 Å². The zero-order valence-corrected chi connectivity index (χ0v) is 28.3. The zero-order chi connectivity index (χ0) is 32.8. The van der Waals surface area contributed by atoms with Crippen molar-refractivity contribution in [2.75, 3.05) is 0 Å². The number of hydrogen-bond acceptors (Lipinski definition) is 4. The third kappa shape index (κ3) is 4.03. The van der Waals surface area contributed by atoms with Gasteiger partial charge in [0.15, 0.2) is 5.82 Å². The van der Waals surface area contributed by atoms with Gasteiger partial charge < -0.3 is 4.42 Å². The number of benzene rings is 6. The first-order valence-corrected chi connectivity index (χ1v) is 18.5. The summed E-state index contributed by atoms with van der Waals surface area (Å²) in [7, 11) is 0. The fourth-order valence-electron chi connectivity index (χ4n) is 9.05. The summed E-state index contributed by atoms with van der Waals surface area (Å²) in [5.41, 5.74) is 14.2. The molecule has 3 heterocycles. The molecule has 238 valence electrons. The molecule has 0 atom stereocenters. The Morgan fingerprint density at radius 2 is 1.28 bits per heavy atom. The molecule has 0 N–H and O–H groups in total. The van der Waals surface area contributed by atoms with Crippen LogP contribution < -0.4 is 0 Å². The van der Waals surface area contributed by atoms with Crippen LogP contribution in [0.15, 0.2) is 138 Å². The summed E-state index contributed by atoms with van der Waals surface area (Å²) in [5, 5.41) is 3.41. The highest BCUT2D eigenvalue weighted by Crippen LogP contribution is 2.58. The highest BCUT2D eigenvalue weighted by Gasteiger charge is 2.44. The number of fused-ring (bicyclic) bond motifs is 11. The number of thiophene rings is 1. The van der Waals surface area contributed by atoms with Crippen LogP contribution in [0.1, 0.15) is 43.2 Å². The Balaban J connectivity index is 1.11. The van der Waals surface area contributed by atoms with E-state index in [0.29, 0.717) is 0 Å². The summed E-state index contributed by atoms with van der Waals surface area (Å²) in [6.07, 6.45) is 6.36. The lowest BCUT2D eigenvalue weighted by Gasteiger charge is -2.36. The Hall–Kier alpha value is -5.58. The van der Waals surface area contributed by atoms with Crippen molar-refractivity contribution in [2.24, 2.45) is 0 Å². The van der Waals surface area contributed by atoms with Crippen LogP contribution >= 0.6 is 11.3 Å². The third-order valence-corrected chi connectivity index (χ3v) is 12.5. The molecule has 2 aliphatic carbocycles. The lowest BCUT2D eigenvalue weighted by molar-refractivity contribution is 0.353. The van der Waals surface area contributed by atoms with Gasteiger partial charge in [-0.15, -0.1) is 11.3 Å². The fourth-order valence-corrected chi connectivity index (χ4v) is 10.2. The highest BCUT2D eigenvalue weighted by molar-refractivity contribution is 7.26. The lowest BCUT2D eigenvalue weighted by atomic mass is 9.68. The molecule has 1 saturated carbocycles. The highest BCUT2D eigenvalue weighted by atomic mass is 32.1. The average molecular weight is 661 g/mol. The Morgan fingerprint density at radius 3 is 2.22 bits per heavy atom. The second kappa shape index (κ2) is 10.7. The summed E-state index contributed by atoms with van der Waals surface area (Å²) in [5.74, 6) is 0.735. The molecule has 0 saturated heterocycles. The maximum atomic E-state index is 6.33. The molecular formula is C46H32N2OS. The molecule has 9 aromatic rings. The smallest absolute Gasteiger partial charge is 0.160 e. The number of nitrogens with zero attached hydrogens (tertiary/aromatic N) is 2. The van der Waals surface area contributed by atoms with Gasteiger partial charge in [-0.25, -0.2) is 9.97 Å². The fraction of sp³-hybridized carbons (Fsp3) is 0.130. The molecule has 3 aromatic heterocycles. The van der Waals surface area contributed by atoms with Crippen LogP contribution in [-0.2, 0) is 5.41 Å². The molecule has 11 rings (SSSR count). The quantitative estimate of drug-likeness (QED) is 0.189. The number of para-hydroxylation sites is 1. The van der Waals surface area contributed by atoms with Crippen molar-refractivity contribution in [3.05, 3.63) is 145 Å². The first-order valence-electron chi connectivity index (χ1n) is 17.7. The van der Waals surface area contributed by atoms with Crippen molar-refractivity contribution in [1.82, 2.24) is 9.97 Å². The predicted molar refractivity (Wildman–Crippen MR) is 208 cm³/mol. The van der Waals surface area contributed by atoms with Crippen LogP contribution in [0.4, 0.5) is 0 Å². The summed E-state index contributed by atoms with van der Waals surface area (Å²) < 4.78 is 8.63. The summed E-state index contributed by atoms with van der Waals surface area (Å²) >= 11 is 1.76. The van der Waals surface area contributed by atoms with E-state index in [4.69, 9.17) is 14.4 Å². The summed E-state index contributed by atoms with van der Waals surface area (Å²) in [6, 6.07) is 48.3. The SMILES string of the molecule is c1cc(-c2nc(-c3ccc4c(c3)oc3ccccc34)c3sc4ccccc4c3n2)cc(-c2cccc3c2-c2ccccc2C32CCCCC2)c1. The van der Waals surface area contributed by atoms with Gasteiger partial charge in [0.25, 0.3) is 0 Å². The second-order valence-corrected chi connectivity index (χ2v) is 15.0. The lowest BCUT2D eigenvalue weighted by Crippen LogP contribution is -2.27. The van der Waals surface area contributed by atoms with Crippen LogP contribution in [0.25, 0.3) is 87.1 Å². The van der Waals surface area contributed by atoms with Gasteiger partial charge in [0.2, 0.25) is 0 Å². The molecule has 3 nitrogen and oxygen atoms in total. The topological polar surface area (TPSA) is 38.9 Å². The van der Waals surface area contributed by atoms with Crippen LogP contribution in [0.3, 0.4) is 0 Å². The van der Waals surface area contributed by atoms with Crippen LogP contribution in [0.5, 0.6) is 0 Å². The summed E-state index contributed by atoms with van der Waals surface area (Å²) in [6.45, 7) is 0. The van der Waals surface area contributed by atoms with Gasteiger partial charge in [0, 0.05) is 37.4 Å². The minimum absolute atomic E-state index is 0.127. The van der Waals surface area contributed by atoms with E-state index in [1.54, 1.807) is 11.3 Å². The number of aromatic nitrogens is 2. The Morgan fingerprint density at radius 1 is 0.540 bits per heavy atom. The van der Waals surface area contributed by atoms with E-state index in [-0.39, 0.29) is 5.41 Å². The number of hydrogen-bond donors (Lipinski definition) is 0. The van der Waals surface area contributed by atoms with E-state index < -0.39 is 0 Å². The summed E-state index contributed by atoms with van der Waals surface area (Å²) in [4.78, 5) is 10.7. The minimum atomic E-state index is 0.127. The average Bonchev–Trinajstić information content (AvgIpc) is 3.83. The molecule has 4 heteroatoms. The van der Waals surface area contributed by atoms with E-state index in [2.05, 4.69) is 121 Å². The van der Waals surface area contributed by atoms with E-state index >= 15 is 0 Å². The zero-order valence-electron chi connectivity index (χ0n) is 27.4. The molecule has 0 bridgehead atoms. The molecule has 0 amide bonds. The van der Waals surface area contributed by atoms with E-state index in [1.807, 2.05) is 12.1 Å². The van der Waals surface area contributed by atoms with Crippen molar-refractivity contribution in [3.8, 4) is 44.9 Å². The third-order valence-electron chi connectivity index (χ3n) is 11.3. The van der Waals surface area contributed by atoms with Crippen LogP contribution in [0.2, 0.25) is 0 Å². The van der Waals surface area contributed by atoms with Gasteiger partial charge in [-0.2, -0.15) is 0 Å². The molecule has 1 spiro atoms. The van der Waals surface area contributed by atoms with E-state index in [0.717, 1.165) is 60.2 Å². The van der Waals surface area contributed by atoms with Gasteiger partial charge in [0.05, 0.1) is 15.9 Å². The first kappa shape index (κ1) is 28.3. The normalized spacial score (nSPS) is 15.0. The maximum absolute atomic E-state index is 6.33. The standard InChI is InChI=1S/C46H32N2OS/c1-8-24-46(25-9-1)36-18-5-2-15-34(36)41-31(17-11-19-37(41)46)28-12-10-13-30(26-28)45-47-42(44-43(48-45)35-16-4-7-21-40(35)50-44)29-22-23-33-32-14-3-6-20-38(32)49-39(33)27-29/h2-7,10-23,26-27H,1,8-9,24-25H2. The van der Waals surface area contributed by atoms with Crippen molar-refractivity contribution < 1.29 is 4.42 Å². The number of rotatable bonds is 3. The van der Waals surface area contributed by atoms with Gasteiger partial charge in [-0.1, -0.05) is 122 Å². The van der Waals surface area contributed by atoms with Crippen LogP contribution in [0, 0.1) is 0 Å². The molecule has 1 fully saturated rings. The van der Waals surface area contributed by atoms with Gasteiger partial charge in [0.1, 0.15) is 11.2 Å². The van der Waals surface area contributed by atoms with Crippen molar-refractivity contribution >= 4 is 53.6 Å². The second-order valence-electron chi connectivity index (χ2n) is 14.0. The predicted octanol–water partition coefficient (Wildman–Crippen LogP) is 13.0.